The van der Waals surface area contributed by atoms with Crippen molar-refractivity contribution in [3.05, 3.63) is 59.9 Å². The van der Waals surface area contributed by atoms with Crippen LogP contribution in [-0.2, 0) is 11.3 Å². The van der Waals surface area contributed by atoms with Gasteiger partial charge < -0.3 is 15.0 Å². The third-order valence-electron chi connectivity index (χ3n) is 6.05. The standard InChI is InChI=1S/C26H36N6O2/c1-26(2,3)34-25(33)28-14-16-30(4)24-17-23-27-13-12-22(32(23)29-24)21-11-8-15-31(19-21)18-20-9-6-5-7-10-20/h5-7,9-10,12-13,17,21H,8,11,14-16,18-19H2,1-4H3,(H,28,33). The van der Waals surface area contributed by atoms with Gasteiger partial charge in [0.2, 0.25) is 0 Å². The molecule has 1 amide bonds. The van der Waals surface area contributed by atoms with E-state index in [4.69, 9.17) is 9.84 Å². The minimum absolute atomic E-state index is 0.405. The van der Waals surface area contributed by atoms with Crippen LogP contribution in [0, 0.1) is 0 Å². The molecule has 4 rings (SSSR count). The summed E-state index contributed by atoms with van der Waals surface area (Å²) in [5, 5.41) is 7.67. The van der Waals surface area contributed by atoms with E-state index in [2.05, 4.69) is 51.6 Å². The summed E-state index contributed by atoms with van der Waals surface area (Å²) >= 11 is 0. The van der Waals surface area contributed by atoms with Gasteiger partial charge in [0.05, 0.1) is 5.69 Å². The van der Waals surface area contributed by atoms with Crippen molar-refractivity contribution in [3.63, 3.8) is 0 Å². The largest absolute Gasteiger partial charge is 0.444 e. The fourth-order valence-electron chi connectivity index (χ4n) is 4.43. The molecular weight excluding hydrogens is 428 g/mol. The van der Waals surface area contributed by atoms with E-state index >= 15 is 0 Å². The highest BCUT2D eigenvalue weighted by molar-refractivity contribution is 5.67. The molecule has 0 aliphatic carbocycles. The molecule has 0 spiro atoms. The lowest BCUT2D eigenvalue weighted by molar-refractivity contribution is 0.0529. The molecule has 0 saturated carbocycles. The lowest BCUT2D eigenvalue weighted by Gasteiger charge is -2.33. The Morgan fingerprint density at radius 3 is 2.79 bits per heavy atom. The van der Waals surface area contributed by atoms with Crippen LogP contribution in [0.1, 0.15) is 50.8 Å². The molecule has 1 unspecified atom stereocenters. The van der Waals surface area contributed by atoms with Gasteiger partial charge in [-0.1, -0.05) is 30.3 Å². The number of nitrogens with zero attached hydrogens (tertiary/aromatic N) is 5. The van der Waals surface area contributed by atoms with E-state index in [1.54, 1.807) is 0 Å². The molecule has 1 atom stereocenters. The lowest BCUT2D eigenvalue weighted by atomic mass is 9.94. The molecule has 182 valence electrons. The van der Waals surface area contributed by atoms with E-state index in [1.165, 1.54) is 17.7 Å². The second kappa shape index (κ2) is 10.4. The number of rotatable bonds is 7. The number of benzene rings is 1. The van der Waals surface area contributed by atoms with Crippen molar-refractivity contribution in [2.45, 2.75) is 51.7 Å². The third-order valence-corrected chi connectivity index (χ3v) is 6.05. The number of aromatic nitrogens is 3. The van der Waals surface area contributed by atoms with Gasteiger partial charge >= 0.3 is 6.09 Å². The zero-order valence-electron chi connectivity index (χ0n) is 20.7. The maximum atomic E-state index is 11.9. The van der Waals surface area contributed by atoms with E-state index in [1.807, 2.05) is 49.5 Å². The van der Waals surface area contributed by atoms with Crippen LogP contribution in [0.3, 0.4) is 0 Å². The van der Waals surface area contributed by atoms with Gasteiger partial charge in [0, 0.05) is 51.4 Å². The first kappa shape index (κ1) is 24.0. The zero-order valence-corrected chi connectivity index (χ0v) is 20.7. The first-order valence-corrected chi connectivity index (χ1v) is 12.1. The van der Waals surface area contributed by atoms with E-state index in [0.717, 1.165) is 37.5 Å². The first-order valence-electron chi connectivity index (χ1n) is 12.1. The molecule has 1 saturated heterocycles. The van der Waals surface area contributed by atoms with Gasteiger partial charge in [-0.2, -0.15) is 0 Å². The molecule has 1 N–H and O–H groups in total. The number of alkyl carbamates (subject to hydrolysis) is 1. The maximum Gasteiger partial charge on any atom is 0.407 e. The zero-order chi connectivity index (χ0) is 24.1. The van der Waals surface area contributed by atoms with Crippen molar-refractivity contribution in [1.29, 1.82) is 0 Å². The molecular formula is C26H36N6O2. The summed E-state index contributed by atoms with van der Waals surface area (Å²) in [6, 6.07) is 14.8. The quantitative estimate of drug-likeness (QED) is 0.568. The van der Waals surface area contributed by atoms with Crippen LogP contribution in [0.5, 0.6) is 0 Å². The SMILES string of the molecule is CN(CCNC(=O)OC(C)(C)C)c1cc2nccc(C3CCCN(Cc4ccccc4)C3)n2n1. The Labute approximate surface area is 201 Å². The van der Waals surface area contributed by atoms with Crippen LogP contribution in [0.15, 0.2) is 48.7 Å². The number of carbonyl (C=O) groups is 1. The van der Waals surface area contributed by atoms with E-state index in [0.29, 0.717) is 19.0 Å². The molecule has 0 bridgehead atoms. The molecule has 1 aliphatic rings. The molecule has 34 heavy (non-hydrogen) atoms. The summed E-state index contributed by atoms with van der Waals surface area (Å²) in [4.78, 5) is 21.0. The number of hydrogen-bond donors (Lipinski definition) is 1. The maximum absolute atomic E-state index is 11.9. The van der Waals surface area contributed by atoms with E-state index in [9.17, 15) is 4.79 Å². The van der Waals surface area contributed by atoms with Crippen molar-refractivity contribution < 1.29 is 9.53 Å². The van der Waals surface area contributed by atoms with E-state index < -0.39 is 11.7 Å². The fourth-order valence-corrected chi connectivity index (χ4v) is 4.43. The van der Waals surface area contributed by atoms with Crippen LogP contribution in [0.2, 0.25) is 0 Å². The highest BCUT2D eigenvalue weighted by atomic mass is 16.6. The minimum atomic E-state index is -0.505. The van der Waals surface area contributed by atoms with Gasteiger partial charge in [-0.3, -0.25) is 4.90 Å². The normalized spacial score (nSPS) is 17.0. The number of likely N-dealkylation sites (N-methyl/N-ethyl adjacent to an activating group) is 1. The molecule has 2 aromatic heterocycles. The number of fused-ring (bicyclic) bond motifs is 1. The fraction of sp³-hybridized carbons (Fsp3) is 0.500. The predicted molar refractivity (Wildman–Crippen MR) is 134 cm³/mol. The van der Waals surface area contributed by atoms with Crippen molar-refractivity contribution in [2.75, 3.05) is 38.1 Å². The first-order chi connectivity index (χ1) is 16.3. The van der Waals surface area contributed by atoms with Crippen molar-refractivity contribution in [2.24, 2.45) is 0 Å². The molecule has 8 heteroatoms. The summed E-state index contributed by atoms with van der Waals surface area (Å²) in [5.41, 5.74) is 2.90. The Balaban J connectivity index is 1.41. The van der Waals surface area contributed by atoms with Gasteiger partial charge in [-0.25, -0.2) is 14.3 Å². The third kappa shape index (κ3) is 6.26. The monoisotopic (exact) mass is 464 g/mol. The number of nitrogens with one attached hydrogen (secondary N) is 1. The number of ether oxygens (including phenoxy) is 1. The van der Waals surface area contributed by atoms with Crippen molar-refractivity contribution >= 4 is 17.6 Å². The molecule has 1 fully saturated rings. The summed E-state index contributed by atoms with van der Waals surface area (Å²) in [6.07, 6.45) is 3.80. The van der Waals surface area contributed by atoms with Gasteiger partial charge in [0.15, 0.2) is 11.5 Å². The number of anilines is 1. The van der Waals surface area contributed by atoms with E-state index in [-0.39, 0.29) is 0 Å². The summed E-state index contributed by atoms with van der Waals surface area (Å²) in [5.74, 6) is 1.25. The second-order valence-corrected chi connectivity index (χ2v) is 10.1. The molecule has 8 nitrogen and oxygen atoms in total. The predicted octanol–water partition coefficient (Wildman–Crippen LogP) is 4.07. The number of carbonyl (C=O) groups excluding carboxylic acids is 1. The highest BCUT2D eigenvalue weighted by Gasteiger charge is 2.24. The summed E-state index contributed by atoms with van der Waals surface area (Å²) < 4.78 is 7.29. The average Bonchev–Trinajstić information content (AvgIpc) is 3.23. The molecule has 1 aromatic carbocycles. The molecule has 3 heterocycles. The second-order valence-electron chi connectivity index (χ2n) is 10.1. The van der Waals surface area contributed by atoms with Crippen LogP contribution >= 0.6 is 0 Å². The number of piperidine rings is 1. The van der Waals surface area contributed by atoms with Gasteiger partial charge in [-0.05, 0) is 51.8 Å². The molecule has 0 radical (unpaired) electrons. The number of amides is 1. The van der Waals surface area contributed by atoms with Gasteiger partial charge in [-0.15, -0.1) is 5.10 Å². The highest BCUT2D eigenvalue weighted by Crippen LogP contribution is 2.28. The van der Waals surface area contributed by atoms with Crippen LogP contribution in [0.4, 0.5) is 10.6 Å². The number of likely N-dealkylation sites (tertiary alicyclic amines) is 1. The Bertz CT molecular complexity index is 1090. The topological polar surface area (TPSA) is 75.0 Å². The smallest absolute Gasteiger partial charge is 0.407 e. The Morgan fingerprint density at radius 2 is 2.03 bits per heavy atom. The van der Waals surface area contributed by atoms with Crippen LogP contribution in [-0.4, -0.2) is 64.4 Å². The Morgan fingerprint density at radius 1 is 1.24 bits per heavy atom. The minimum Gasteiger partial charge on any atom is -0.444 e. The number of hydrogen-bond acceptors (Lipinski definition) is 6. The Kier molecular flexibility index (Phi) is 7.36. The van der Waals surface area contributed by atoms with Crippen molar-refractivity contribution in [1.82, 2.24) is 24.8 Å². The summed E-state index contributed by atoms with van der Waals surface area (Å²) in [6.45, 7) is 9.76. The lowest BCUT2D eigenvalue weighted by Crippen LogP contribution is -2.37. The van der Waals surface area contributed by atoms with Crippen LogP contribution in [0.25, 0.3) is 5.65 Å². The van der Waals surface area contributed by atoms with Crippen LogP contribution < -0.4 is 10.2 Å². The Hall–Kier alpha value is -3.13. The van der Waals surface area contributed by atoms with Crippen molar-refractivity contribution in [3.8, 4) is 0 Å². The average molecular weight is 465 g/mol. The molecule has 1 aliphatic heterocycles. The summed E-state index contributed by atoms with van der Waals surface area (Å²) in [7, 11) is 1.97. The van der Waals surface area contributed by atoms with Gasteiger partial charge in [0.25, 0.3) is 0 Å². The van der Waals surface area contributed by atoms with Gasteiger partial charge in [0.1, 0.15) is 5.60 Å². The molecule has 3 aromatic rings.